The number of rotatable bonds is 0. The van der Waals surface area contributed by atoms with Crippen LogP contribution in [-0.2, 0) is 39.1 Å². The first kappa shape index (κ1) is 16.9. The second kappa shape index (κ2) is 5.57. The van der Waals surface area contributed by atoms with Gasteiger partial charge in [-0.25, -0.2) is 0 Å². The largest absolute Gasteiger partial charge is 0.508 e. The Kier molecular flexibility index (Phi) is 4.28. The van der Waals surface area contributed by atoms with Crippen LogP contribution in [0.25, 0.3) is 0 Å². The molecule has 3 heteroatoms. The molecule has 1 aromatic carbocycles. The number of fused-ring (bicyclic) bond motifs is 5. The molecule has 22 heavy (non-hydrogen) atoms. The van der Waals surface area contributed by atoms with Crippen LogP contribution in [0.3, 0.4) is 0 Å². The van der Waals surface area contributed by atoms with Crippen molar-refractivity contribution in [2.45, 2.75) is 57.5 Å². The SMILES string of the molecule is C[C@]1(O)CCC2C3CCc4cc(O)ccc4C3[CH-]C[C@@]21C.[Y]. The van der Waals surface area contributed by atoms with E-state index in [1.165, 1.54) is 17.5 Å². The summed E-state index contributed by atoms with van der Waals surface area (Å²) in [6, 6.07) is 5.89. The van der Waals surface area contributed by atoms with Crippen LogP contribution >= 0.6 is 0 Å². The summed E-state index contributed by atoms with van der Waals surface area (Å²) in [7, 11) is 0. The van der Waals surface area contributed by atoms with Crippen LogP contribution in [0.2, 0.25) is 0 Å². The molecule has 4 rings (SSSR count). The molecule has 0 saturated heterocycles. The second-order valence-corrected chi connectivity index (χ2v) is 7.89. The van der Waals surface area contributed by atoms with Crippen LogP contribution in [0.15, 0.2) is 18.2 Å². The van der Waals surface area contributed by atoms with E-state index in [1.54, 1.807) is 0 Å². The van der Waals surface area contributed by atoms with Gasteiger partial charge in [-0.3, -0.25) is 0 Å². The Hall–Kier alpha value is 0.0839. The number of benzene rings is 1. The monoisotopic (exact) mass is 374 g/mol. The molecular formula is C19H25O2Y-. The molecule has 117 valence electrons. The fraction of sp³-hybridized carbons (Fsp3) is 0.632. The summed E-state index contributed by atoms with van der Waals surface area (Å²) in [6.45, 7) is 4.33. The Morgan fingerprint density at radius 2 is 2.00 bits per heavy atom. The van der Waals surface area contributed by atoms with Gasteiger partial charge in [0.15, 0.2) is 0 Å². The predicted octanol–water partition coefficient (Wildman–Crippen LogP) is 3.81. The Morgan fingerprint density at radius 3 is 2.77 bits per heavy atom. The molecule has 0 heterocycles. The minimum Gasteiger partial charge on any atom is -0.508 e. The second-order valence-electron chi connectivity index (χ2n) is 7.89. The van der Waals surface area contributed by atoms with Crippen LogP contribution in [0.4, 0.5) is 0 Å². The smallest absolute Gasteiger partial charge is 0.115 e. The molecule has 1 aromatic rings. The zero-order chi connectivity index (χ0) is 14.8. The van der Waals surface area contributed by atoms with Gasteiger partial charge < -0.3 is 16.6 Å². The number of aryl methyl sites for hydroxylation is 1. The molecule has 0 aliphatic heterocycles. The summed E-state index contributed by atoms with van der Waals surface area (Å²) < 4.78 is 0. The topological polar surface area (TPSA) is 40.5 Å². The molecule has 0 spiro atoms. The van der Waals surface area contributed by atoms with Crippen LogP contribution in [0.5, 0.6) is 5.75 Å². The van der Waals surface area contributed by atoms with E-state index in [0.29, 0.717) is 23.5 Å². The van der Waals surface area contributed by atoms with Crippen molar-refractivity contribution in [2.75, 3.05) is 0 Å². The average molecular weight is 374 g/mol. The van der Waals surface area contributed by atoms with Crippen molar-refractivity contribution in [1.29, 1.82) is 0 Å². The van der Waals surface area contributed by atoms with E-state index in [4.69, 9.17) is 0 Å². The maximum absolute atomic E-state index is 10.8. The van der Waals surface area contributed by atoms with Gasteiger partial charge in [0.05, 0.1) is 5.60 Å². The maximum Gasteiger partial charge on any atom is 0.115 e. The van der Waals surface area contributed by atoms with Gasteiger partial charge in [0.2, 0.25) is 0 Å². The fourth-order valence-electron chi connectivity index (χ4n) is 5.49. The number of phenolic OH excluding ortho intramolecular Hbond substituents is 1. The van der Waals surface area contributed by atoms with Crippen LogP contribution in [0.1, 0.15) is 56.6 Å². The molecule has 3 aliphatic rings. The Morgan fingerprint density at radius 1 is 1.23 bits per heavy atom. The minimum atomic E-state index is -0.519. The molecule has 0 amide bonds. The van der Waals surface area contributed by atoms with E-state index < -0.39 is 5.60 Å². The first-order chi connectivity index (χ1) is 9.92. The van der Waals surface area contributed by atoms with Gasteiger partial charge in [-0.05, 0) is 61.6 Å². The zero-order valence-electron chi connectivity index (χ0n) is 13.5. The summed E-state index contributed by atoms with van der Waals surface area (Å²) in [4.78, 5) is 0. The van der Waals surface area contributed by atoms with Crippen molar-refractivity contribution in [3.63, 3.8) is 0 Å². The molecular weight excluding hydrogens is 349 g/mol. The summed E-state index contributed by atoms with van der Waals surface area (Å²) in [6.07, 6.45) is 7.81. The molecule has 5 atom stereocenters. The fourth-order valence-corrected chi connectivity index (χ4v) is 5.49. The van der Waals surface area contributed by atoms with E-state index in [1.807, 2.05) is 19.1 Å². The number of aliphatic hydroxyl groups is 1. The summed E-state index contributed by atoms with van der Waals surface area (Å²) >= 11 is 0. The number of phenols is 1. The molecule has 0 aromatic heterocycles. The third-order valence-electron chi connectivity index (χ3n) is 7.00. The first-order valence-corrected chi connectivity index (χ1v) is 8.30. The van der Waals surface area contributed by atoms with Gasteiger partial charge in [0.25, 0.3) is 0 Å². The summed E-state index contributed by atoms with van der Waals surface area (Å²) in [5.74, 6) is 2.19. The average Bonchev–Trinajstić information content (AvgIpc) is 2.69. The molecule has 2 N–H and O–H groups in total. The van der Waals surface area contributed by atoms with E-state index in [0.717, 1.165) is 25.7 Å². The maximum atomic E-state index is 10.8. The Bertz CT molecular complexity index is 583. The van der Waals surface area contributed by atoms with Crippen molar-refractivity contribution in [2.24, 2.45) is 17.3 Å². The molecule has 2 saturated carbocycles. The standard InChI is InChI=1S/C19H25O2.Y/c1-18-9-7-15-14-6-4-13(20)11-12(14)3-5-16(15)17(18)8-10-19(18,2)21;/h4,6-7,11,15-17,20-21H,3,5,8-10H2,1-2H3;/q-1;/t15?,16?,17?,18-,19-;/m0./s1. The molecule has 3 aliphatic carbocycles. The van der Waals surface area contributed by atoms with Crippen molar-refractivity contribution >= 4 is 0 Å². The van der Waals surface area contributed by atoms with E-state index in [-0.39, 0.29) is 38.1 Å². The van der Waals surface area contributed by atoms with Crippen LogP contribution < -0.4 is 0 Å². The normalized spacial score (nSPS) is 42.8. The van der Waals surface area contributed by atoms with E-state index in [9.17, 15) is 10.2 Å². The molecule has 2 fully saturated rings. The number of hydrogen-bond donors (Lipinski definition) is 2. The summed E-state index contributed by atoms with van der Waals surface area (Å²) in [5.41, 5.74) is 2.26. The quantitative estimate of drug-likeness (QED) is 0.678. The van der Waals surface area contributed by atoms with E-state index in [2.05, 4.69) is 19.4 Å². The van der Waals surface area contributed by atoms with Crippen LogP contribution in [-0.4, -0.2) is 15.8 Å². The minimum absolute atomic E-state index is 0. The van der Waals surface area contributed by atoms with Gasteiger partial charge in [0.1, 0.15) is 5.75 Å². The Balaban J connectivity index is 0.00000144. The number of aromatic hydroxyl groups is 1. The van der Waals surface area contributed by atoms with Crippen molar-refractivity contribution in [3.05, 3.63) is 35.7 Å². The molecule has 3 unspecified atom stereocenters. The van der Waals surface area contributed by atoms with Crippen molar-refractivity contribution < 1.29 is 42.9 Å². The van der Waals surface area contributed by atoms with Gasteiger partial charge >= 0.3 is 0 Å². The molecule has 0 bridgehead atoms. The van der Waals surface area contributed by atoms with Crippen molar-refractivity contribution in [3.8, 4) is 5.75 Å². The van der Waals surface area contributed by atoms with Gasteiger partial charge in [-0.15, -0.1) is 5.92 Å². The zero-order valence-corrected chi connectivity index (χ0v) is 16.4. The number of hydrogen-bond acceptors (Lipinski definition) is 2. The van der Waals surface area contributed by atoms with Gasteiger partial charge in [-0.2, -0.15) is 6.42 Å². The third-order valence-corrected chi connectivity index (χ3v) is 7.00. The first-order valence-electron chi connectivity index (χ1n) is 8.30. The van der Waals surface area contributed by atoms with Gasteiger partial charge in [-0.1, -0.05) is 24.5 Å². The summed E-state index contributed by atoms with van der Waals surface area (Å²) in [5, 5.41) is 20.5. The van der Waals surface area contributed by atoms with Gasteiger partial charge in [0, 0.05) is 32.7 Å². The third kappa shape index (κ3) is 2.24. The van der Waals surface area contributed by atoms with E-state index >= 15 is 0 Å². The Labute approximate surface area is 158 Å². The van der Waals surface area contributed by atoms with Crippen molar-refractivity contribution in [1.82, 2.24) is 0 Å². The molecule has 2 nitrogen and oxygen atoms in total. The van der Waals surface area contributed by atoms with Crippen LogP contribution in [0, 0.1) is 23.7 Å². The predicted molar refractivity (Wildman–Crippen MR) is 83.0 cm³/mol. The molecule has 1 radical (unpaired) electrons.